The highest BCUT2D eigenvalue weighted by Gasteiger charge is 2.46. The van der Waals surface area contributed by atoms with Crippen LogP contribution < -0.4 is 15.0 Å². The van der Waals surface area contributed by atoms with Crippen LogP contribution in [0.3, 0.4) is 0 Å². The van der Waals surface area contributed by atoms with E-state index in [4.69, 9.17) is 30.5 Å². The van der Waals surface area contributed by atoms with Crippen LogP contribution in [0, 0.1) is 17.8 Å². The van der Waals surface area contributed by atoms with Gasteiger partial charge in [-0.1, -0.05) is 36.7 Å². The summed E-state index contributed by atoms with van der Waals surface area (Å²) < 4.78 is 41.5. The van der Waals surface area contributed by atoms with Crippen LogP contribution in [0.4, 0.5) is 10.5 Å². The number of aryl methyl sites for hydroxylation is 1. The van der Waals surface area contributed by atoms with Gasteiger partial charge in [-0.05, 0) is 97.7 Å². The Morgan fingerprint density at radius 2 is 1.94 bits per heavy atom. The van der Waals surface area contributed by atoms with E-state index in [0.29, 0.717) is 67.4 Å². The maximum atomic E-state index is 14.0. The van der Waals surface area contributed by atoms with Crippen LogP contribution in [0.15, 0.2) is 52.9 Å². The van der Waals surface area contributed by atoms with E-state index < -0.39 is 27.5 Å². The maximum Gasteiger partial charge on any atom is 0.318 e. The number of likely N-dealkylation sites (tertiary alicyclic amines) is 1. The van der Waals surface area contributed by atoms with Crippen LogP contribution in [-0.2, 0) is 37.8 Å². The highest BCUT2D eigenvalue weighted by atomic mass is 35.5. The number of anilines is 1. The quantitative estimate of drug-likeness (QED) is 0.288. The highest BCUT2D eigenvalue weighted by Crippen LogP contribution is 2.42. The third-order valence-corrected chi connectivity index (χ3v) is 12.7. The van der Waals surface area contributed by atoms with E-state index in [1.165, 1.54) is 11.1 Å². The molecule has 0 radical (unpaired) electrons. The molecule has 1 aliphatic carbocycles. The molecule has 2 fully saturated rings. The van der Waals surface area contributed by atoms with E-state index in [-0.39, 0.29) is 18.1 Å². The second-order valence-corrected chi connectivity index (χ2v) is 16.2. The fraction of sp³-hybridized carbons (Fsp3) is 0.579. The number of carbonyl (C=O) groups excluding carboxylic acids is 2. The second-order valence-electron chi connectivity index (χ2n) is 14.4. The molecule has 51 heavy (non-hydrogen) atoms. The lowest BCUT2D eigenvalue weighted by atomic mass is 9.70. The summed E-state index contributed by atoms with van der Waals surface area (Å²) in [6.07, 6.45) is 9.39. The molecule has 2 aromatic carbocycles. The van der Waals surface area contributed by atoms with Crippen molar-refractivity contribution in [3.8, 4) is 5.75 Å². The van der Waals surface area contributed by atoms with E-state index in [1.807, 2.05) is 31.2 Å². The molecule has 1 N–H and O–H groups in total. The summed E-state index contributed by atoms with van der Waals surface area (Å²) in [5.41, 5.74) is 2.93. The Bertz CT molecular complexity index is 1690. The van der Waals surface area contributed by atoms with E-state index in [0.717, 1.165) is 44.3 Å². The molecule has 6 atom stereocenters. The smallest absolute Gasteiger partial charge is 0.318 e. The monoisotopic (exact) mass is 742 g/mol. The number of allylic oxidation sites excluding steroid dienone is 1. The van der Waals surface area contributed by atoms with Gasteiger partial charge in [0.15, 0.2) is 0 Å². The summed E-state index contributed by atoms with van der Waals surface area (Å²) in [7, 11) is 2.39. The summed E-state index contributed by atoms with van der Waals surface area (Å²) in [4.78, 5) is 31.1. The molecule has 3 heterocycles. The highest BCUT2D eigenvalue weighted by molar-refractivity contribution is 7.76. The standard InChI is InChI=1S/C38H51ClN4O7S/c1-25-8-7-10-33(48-3)31-15-12-29(31)21-42-20-28-11-14-30(39)18-26(28)9-5-6-17-50-34-16-13-27(19-32(34)42)35(44)41-51(46)36(25)40-37(45)43-22-38(23-43,49-4)24-47-2/h7,10-11,13-14,16,18-19,25,29,31,33,36,51H,5-6,8-9,12,15,17,20-24H2,1-4H3,(H,40,45)/b10-7+/t25-,29-,31+,33-,36?/m0/s1. The first kappa shape index (κ1) is 37.6. The van der Waals surface area contributed by atoms with Crippen molar-refractivity contribution in [1.29, 1.82) is 0 Å². The van der Waals surface area contributed by atoms with Gasteiger partial charge in [-0.15, -0.1) is 0 Å². The zero-order valence-corrected chi connectivity index (χ0v) is 31.7. The van der Waals surface area contributed by atoms with Gasteiger partial charge in [-0.2, -0.15) is 4.36 Å². The van der Waals surface area contributed by atoms with Gasteiger partial charge >= 0.3 is 6.03 Å². The lowest BCUT2D eigenvalue weighted by molar-refractivity contribution is -0.138. The third kappa shape index (κ3) is 8.57. The number of fused-ring (bicyclic) bond motifs is 3. The summed E-state index contributed by atoms with van der Waals surface area (Å²) in [6.45, 7) is 4.83. The van der Waals surface area contributed by atoms with Gasteiger partial charge in [0, 0.05) is 45.0 Å². The molecule has 3 amide bonds. The van der Waals surface area contributed by atoms with Crippen molar-refractivity contribution >= 4 is 39.8 Å². The Morgan fingerprint density at radius 3 is 2.67 bits per heavy atom. The number of rotatable bonds is 5. The lowest BCUT2D eigenvalue weighted by Gasteiger charge is -2.48. The molecule has 13 heteroatoms. The fourth-order valence-corrected chi connectivity index (χ4v) is 9.11. The molecule has 2 aromatic rings. The number of hydrogen-bond donors (Lipinski definition) is 2. The minimum atomic E-state index is -2.54. The third-order valence-electron chi connectivity index (χ3n) is 11.0. The summed E-state index contributed by atoms with van der Waals surface area (Å²) in [5.74, 6) is 0.455. The summed E-state index contributed by atoms with van der Waals surface area (Å²) >= 11 is 6.46. The fourth-order valence-electron chi connectivity index (χ4n) is 7.72. The zero-order chi connectivity index (χ0) is 36.1. The van der Waals surface area contributed by atoms with Crippen molar-refractivity contribution in [3.63, 3.8) is 0 Å². The number of benzene rings is 2. The molecule has 4 aliphatic rings. The van der Waals surface area contributed by atoms with Gasteiger partial charge in [0.05, 0.1) is 48.7 Å². The molecule has 0 spiro atoms. The number of hydrogen-bond acceptors (Lipinski definition) is 8. The van der Waals surface area contributed by atoms with Crippen molar-refractivity contribution in [2.45, 2.75) is 69.1 Å². The van der Waals surface area contributed by atoms with Crippen molar-refractivity contribution in [3.05, 3.63) is 70.3 Å². The minimum Gasteiger partial charge on any atom is -0.491 e. The van der Waals surface area contributed by atoms with Gasteiger partial charge < -0.3 is 34.1 Å². The zero-order valence-electron chi connectivity index (χ0n) is 30.0. The molecule has 1 saturated heterocycles. The van der Waals surface area contributed by atoms with Gasteiger partial charge in [-0.25, -0.2) is 4.79 Å². The van der Waals surface area contributed by atoms with Gasteiger partial charge in [0.2, 0.25) is 0 Å². The summed E-state index contributed by atoms with van der Waals surface area (Å²) in [6, 6.07) is 11.1. The normalized spacial score (nSPS) is 29.0. The number of ether oxygens (including phenoxy) is 4. The molecule has 6 rings (SSSR count). The van der Waals surface area contributed by atoms with E-state index in [9.17, 15) is 13.8 Å². The van der Waals surface area contributed by atoms with Crippen LogP contribution in [0.5, 0.6) is 5.75 Å². The Morgan fingerprint density at radius 1 is 1.12 bits per heavy atom. The Kier molecular flexibility index (Phi) is 12.3. The second kappa shape index (κ2) is 16.7. The number of amides is 3. The van der Waals surface area contributed by atoms with Crippen LogP contribution in [0.2, 0.25) is 5.02 Å². The largest absolute Gasteiger partial charge is 0.491 e. The molecular weight excluding hydrogens is 692 g/mol. The number of thiol groups is 1. The average molecular weight is 743 g/mol. The van der Waals surface area contributed by atoms with E-state index >= 15 is 0 Å². The predicted octanol–water partition coefficient (Wildman–Crippen LogP) is 5.89. The number of nitrogens with one attached hydrogen (secondary N) is 1. The Balaban J connectivity index is 1.36. The number of methoxy groups -OCH3 is 3. The average Bonchev–Trinajstić information content (AvgIpc) is 3.12. The van der Waals surface area contributed by atoms with Gasteiger partial charge in [-0.3, -0.25) is 9.00 Å². The first-order chi connectivity index (χ1) is 24.6. The maximum absolute atomic E-state index is 14.0. The van der Waals surface area contributed by atoms with Crippen LogP contribution in [0.25, 0.3) is 0 Å². The van der Waals surface area contributed by atoms with Gasteiger partial charge in [0.25, 0.3) is 5.91 Å². The molecule has 278 valence electrons. The van der Waals surface area contributed by atoms with Crippen LogP contribution >= 0.6 is 11.6 Å². The molecule has 2 bridgehead atoms. The van der Waals surface area contributed by atoms with Crippen molar-refractivity contribution in [2.75, 3.05) is 59.1 Å². The summed E-state index contributed by atoms with van der Waals surface area (Å²) in [5, 5.41) is 2.78. The number of urea groups is 1. The first-order valence-corrected chi connectivity index (χ1v) is 19.6. The number of halogens is 1. The molecule has 1 saturated carbocycles. The SMILES string of the molecule is COCC1(OC)CN(C(=O)NC2[C@@H](C)C/C=C/[C@H](OC)[C@@H]3CC[C@H]3CN3Cc4ccc(Cl)cc4CCCCOc4ccc(cc43)C(=O)/N=[SH]\2=O)C1. The number of carbonyl (C=O) groups is 2. The lowest BCUT2D eigenvalue weighted by Crippen LogP contribution is -2.68. The van der Waals surface area contributed by atoms with Crippen molar-refractivity contribution < 1.29 is 32.7 Å². The predicted molar refractivity (Wildman–Crippen MR) is 199 cm³/mol. The molecule has 3 aliphatic heterocycles. The number of nitrogens with zero attached hydrogens (tertiary/aromatic N) is 3. The van der Waals surface area contributed by atoms with Crippen molar-refractivity contribution in [2.24, 2.45) is 22.1 Å². The molecule has 11 nitrogen and oxygen atoms in total. The minimum absolute atomic E-state index is 0.0990. The Hall–Kier alpha value is -3.16. The van der Waals surface area contributed by atoms with Crippen LogP contribution in [-0.4, -0.2) is 92.3 Å². The van der Waals surface area contributed by atoms with Crippen LogP contribution in [0.1, 0.15) is 60.5 Å². The molecule has 0 aromatic heterocycles. The van der Waals surface area contributed by atoms with Crippen molar-refractivity contribution in [1.82, 2.24) is 10.2 Å². The first-order valence-electron chi connectivity index (χ1n) is 17.9. The Labute approximate surface area is 308 Å². The topological polar surface area (TPSA) is 119 Å². The molecular formula is C38H51ClN4O7S. The van der Waals surface area contributed by atoms with E-state index in [1.54, 1.807) is 32.3 Å². The molecule has 2 unspecified atom stereocenters. The van der Waals surface area contributed by atoms with Gasteiger partial charge in [0.1, 0.15) is 16.7 Å². The van der Waals surface area contributed by atoms with E-state index in [2.05, 4.69) is 32.8 Å².